The van der Waals surface area contributed by atoms with Gasteiger partial charge in [-0.2, -0.15) is 0 Å². The number of benzene rings is 1. The monoisotopic (exact) mass is 249 g/mol. The predicted octanol–water partition coefficient (Wildman–Crippen LogP) is 1.53. The van der Waals surface area contributed by atoms with Crippen molar-refractivity contribution in [1.29, 1.82) is 0 Å². The SMILES string of the molecule is O=C(NCC1CCCC1CO)c1cccc(O)c1. The number of carbonyl (C=O) groups excluding carboxylic acids is 1. The molecule has 2 rings (SSSR count). The van der Waals surface area contributed by atoms with Crippen LogP contribution in [0.15, 0.2) is 24.3 Å². The van der Waals surface area contributed by atoms with E-state index in [1.807, 2.05) is 0 Å². The molecule has 0 spiro atoms. The lowest BCUT2D eigenvalue weighted by Crippen LogP contribution is -2.31. The molecule has 1 fully saturated rings. The Bertz CT molecular complexity index is 419. The van der Waals surface area contributed by atoms with E-state index in [-0.39, 0.29) is 18.3 Å². The number of rotatable bonds is 4. The molecule has 2 unspecified atom stereocenters. The third-order valence-corrected chi connectivity index (χ3v) is 3.68. The van der Waals surface area contributed by atoms with Crippen LogP contribution in [0.1, 0.15) is 29.6 Å². The van der Waals surface area contributed by atoms with Crippen molar-refractivity contribution < 1.29 is 15.0 Å². The van der Waals surface area contributed by atoms with Crippen molar-refractivity contribution in [2.75, 3.05) is 13.2 Å². The minimum absolute atomic E-state index is 0.0942. The van der Waals surface area contributed by atoms with Crippen LogP contribution >= 0.6 is 0 Å². The van der Waals surface area contributed by atoms with Crippen molar-refractivity contribution in [3.8, 4) is 5.75 Å². The average Bonchev–Trinajstić information content (AvgIpc) is 2.83. The smallest absolute Gasteiger partial charge is 0.251 e. The van der Waals surface area contributed by atoms with E-state index in [9.17, 15) is 15.0 Å². The van der Waals surface area contributed by atoms with Gasteiger partial charge in [0.25, 0.3) is 5.91 Å². The van der Waals surface area contributed by atoms with E-state index in [1.165, 1.54) is 12.1 Å². The van der Waals surface area contributed by atoms with Crippen LogP contribution in [-0.2, 0) is 0 Å². The largest absolute Gasteiger partial charge is 0.508 e. The van der Waals surface area contributed by atoms with Crippen LogP contribution in [0.4, 0.5) is 0 Å². The van der Waals surface area contributed by atoms with Crippen molar-refractivity contribution >= 4 is 5.91 Å². The summed E-state index contributed by atoms with van der Waals surface area (Å²) in [5, 5.41) is 21.4. The number of aliphatic hydroxyl groups excluding tert-OH is 1. The molecule has 98 valence electrons. The first-order valence-electron chi connectivity index (χ1n) is 6.39. The minimum atomic E-state index is -0.172. The zero-order chi connectivity index (χ0) is 13.0. The van der Waals surface area contributed by atoms with Crippen LogP contribution in [0, 0.1) is 11.8 Å². The molecule has 1 amide bonds. The summed E-state index contributed by atoms with van der Waals surface area (Å²) in [6, 6.07) is 6.31. The number of phenolic OH excluding ortho intramolecular Hbond substituents is 1. The second kappa shape index (κ2) is 5.87. The Hall–Kier alpha value is -1.55. The normalized spacial score (nSPS) is 22.9. The fourth-order valence-electron chi connectivity index (χ4n) is 2.60. The Morgan fingerprint density at radius 1 is 1.33 bits per heavy atom. The van der Waals surface area contributed by atoms with Crippen LogP contribution in [0.2, 0.25) is 0 Å². The summed E-state index contributed by atoms with van der Waals surface area (Å²) < 4.78 is 0. The van der Waals surface area contributed by atoms with Gasteiger partial charge in [0, 0.05) is 18.7 Å². The lowest BCUT2D eigenvalue weighted by Gasteiger charge is -2.17. The van der Waals surface area contributed by atoms with Crippen molar-refractivity contribution in [1.82, 2.24) is 5.32 Å². The Morgan fingerprint density at radius 3 is 2.83 bits per heavy atom. The highest BCUT2D eigenvalue weighted by Gasteiger charge is 2.26. The van der Waals surface area contributed by atoms with Crippen LogP contribution in [0.25, 0.3) is 0 Å². The van der Waals surface area contributed by atoms with E-state index >= 15 is 0 Å². The first-order valence-corrected chi connectivity index (χ1v) is 6.39. The lowest BCUT2D eigenvalue weighted by atomic mass is 9.97. The second-order valence-corrected chi connectivity index (χ2v) is 4.89. The van der Waals surface area contributed by atoms with Gasteiger partial charge in [0.1, 0.15) is 5.75 Å². The summed E-state index contributed by atoms with van der Waals surface area (Å²) in [5.41, 5.74) is 0.466. The van der Waals surface area contributed by atoms with Gasteiger partial charge in [-0.1, -0.05) is 12.5 Å². The fraction of sp³-hybridized carbons (Fsp3) is 0.500. The van der Waals surface area contributed by atoms with E-state index in [0.717, 1.165) is 19.3 Å². The van der Waals surface area contributed by atoms with Crippen LogP contribution in [0.3, 0.4) is 0 Å². The summed E-state index contributed by atoms with van der Waals surface area (Å²) in [6.07, 6.45) is 3.23. The van der Waals surface area contributed by atoms with Gasteiger partial charge in [-0.25, -0.2) is 0 Å². The molecule has 2 atom stereocenters. The summed E-state index contributed by atoms with van der Waals surface area (Å²) in [6.45, 7) is 0.798. The summed E-state index contributed by atoms with van der Waals surface area (Å²) >= 11 is 0. The van der Waals surface area contributed by atoms with Crippen LogP contribution in [0.5, 0.6) is 5.75 Å². The third kappa shape index (κ3) is 3.01. The van der Waals surface area contributed by atoms with Crippen molar-refractivity contribution in [3.63, 3.8) is 0 Å². The van der Waals surface area contributed by atoms with Gasteiger partial charge in [-0.05, 0) is 42.9 Å². The third-order valence-electron chi connectivity index (χ3n) is 3.68. The quantitative estimate of drug-likeness (QED) is 0.758. The molecule has 1 aliphatic carbocycles. The van der Waals surface area contributed by atoms with Gasteiger partial charge in [-0.3, -0.25) is 4.79 Å². The van der Waals surface area contributed by atoms with Crippen LogP contribution in [-0.4, -0.2) is 29.3 Å². The zero-order valence-corrected chi connectivity index (χ0v) is 10.3. The first kappa shape index (κ1) is 12.9. The highest BCUT2D eigenvalue weighted by Crippen LogP contribution is 2.30. The summed E-state index contributed by atoms with van der Waals surface area (Å²) in [5.74, 6) is 0.608. The number of carbonyl (C=O) groups is 1. The maximum absolute atomic E-state index is 11.9. The Morgan fingerprint density at radius 2 is 2.11 bits per heavy atom. The number of aliphatic hydroxyl groups is 1. The van der Waals surface area contributed by atoms with Crippen molar-refractivity contribution in [2.24, 2.45) is 11.8 Å². The Kier molecular flexibility index (Phi) is 4.20. The number of nitrogens with one attached hydrogen (secondary N) is 1. The number of hydrogen-bond acceptors (Lipinski definition) is 3. The topological polar surface area (TPSA) is 69.6 Å². The molecule has 4 nitrogen and oxygen atoms in total. The summed E-state index contributed by atoms with van der Waals surface area (Å²) in [4.78, 5) is 11.9. The van der Waals surface area contributed by atoms with Crippen molar-refractivity contribution in [2.45, 2.75) is 19.3 Å². The molecule has 0 saturated heterocycles. The molecule has 0 radical (unpaired) electrons. The van der Waals surface area contributed by atoms with Gasteiger partial charge >= 0.3 is 0 Å². The van der Waals surface area contributed by atoms with Crippen molar-refractivity contribution in [3.05, 3.63) is 29.8 Å². The Balaban J connectivity index is 1.88. The molecule has 0 aromatic heterocycles. The van der Waals surface area contributed by atoms with Gasteiger partial charge in [0.05, 0.1) is 0 Å². The molecule has 0 aliphatic heterocycles. The van der Waals surface area contributed by atoms with Gasteiger partial charge < -0.3 is 15.5 Å². The molecule has 1 saturated carbocycles. The molecule has 0 heterocycles. The molecule has 0 bridgehead atoms. The number of aromatic hydroxyl groups is 1. The molecule has 18 heavy (non-hydrogen) atoms. The van der Waals surface area contributed by atoms with E-state index in [2.05, 4.69) is 5.32 Å². The molecular weight excluding hydrogens is 230 g/mol. The van der Waals surface area contributed by atoms with Gasteiger partial charge in [0.15, 0.2) is 0 Å². The second-order valence-electron chi connectivity index (χ2n) is 4.89. The predicted molar refractivity (Wildman–Crippen MR) is 68.4 cm³/mol. The lowest BCUT2D eigenvalue weighted by molar-refractivity contribution is 0.0937. The summed E-state index contributed by atoms with van der Waals surface area (Å²) in [7, 11) is 0. The number of amides is 1. The molecular formula is C14H19NO3. The first-order chi connectivity index (χ1) is 8.70. The minimum Gasteiger partial charge on any atom is -0.508 e. The van der Waals surface area contributed by atoms with E-state index in [1.54, 1.807) is 12.1 Å². The van der Waals surface area contributed by atoms with E-state index in [4.69, 9.17) is 0 Å². The highest BCUT2D eigenvalue weighted by molar-refractivity contribution is 5.94. The molecule has 4 heteroatoms. The maximum atomic E-state index is 11.9. The van der Waals surface area contributed by atoms with Gasteiger partial charge in [0.2, 0.25) is 0 Å². The van der Waals surface area contributed by atoms with E-state index < -0.39 is 0 Å². The fourth-order valence-corrected chi connectivity index (χ4v) is 2.60. The van der Waals surface area contributed by atoms with Crippen LogP contribution < -0.4 is 5.32 Å². The molecule has 1 aromatic rings. The number of hydrogen-bond donors (Lipinski definition) is 3. The zero-order valence-electron chi connectivity index (χ0n) is 10.3. The molecule has 1 aromatic carbocycles. The molecule has 3 N–H and O–H groups in total. The van der Waals surface area contributed by atoms with E-state index in [0.29, 0.717) is 23.9 Å². The standard InChI is InChI=1S/C14H19NO3/c16-9-12-5-1-4-11(12)8-15-14(18)10-3-2-6-13(17)7-10/h2-3,6-7,11-12,16-17H,1,4-5,8-9H2,(H,15,18). The maximum Gasteiger partial charge on any atom is 0.251 e. The highest BCUT2D eigenvalue weighted by atomic mass is 16.3. The number of phenols is 1. The van der Waals surface area contributed by atoms with Gasteiger partial charge in [-0.15, -0.1) is 0 Å². The Labute approximate surface area is 107 Å². The average molecular weight is 249 g/mol. The molecule has 1 aliphatic rings.